The fraction of sp³-hybridized carbons (Fsp3) is 0.667. The molecule has 0 saturated heterocycles. The summed E-state index contributed by atoms with van der Waals surface area (Å²) in [6.45, 7) is 9.24. The van der Waals surface area contributed by atoms with E-state index in [2.05, 4.69) is 46.8 Å². The third-order valence-corrected chi connectivity index (χ3v) is 3.47. The minimum absolute atomic E-state index is 0. The lowest BCUT2D eigenvalue weighted by atomic mass is 9.93. The molecule has 0 fully saturated rings. The summed E-state index contributed by atoms with van der Waals surface area (Å²) < 4.78 is 0. The Morgan fingerprint density at radius 2 is 2.22 bits per heavy atom. The lowest BCUT2D eigenvalue weighted by molar-refractivity contribution is 0.570. The van der Waals surface area contributed by atoms with Gasteiger partial charge < -0.3 is 10.6 Å². The van der Waals surface area contributed by atoms with Crippen molar-refractivity contribution < 1.29 is 0 Å². The second kappa shape index (κ2) is 6.70. The van der Waals surface area contributed by atoms with E-state index >= 15 is 0 Å². The van der Waals surface area contributed by atoms with Crippen LogP contribution in [0.2, 0.25) is 0 Å². The minimum atomic E-state index is 0. The molecule has 1 aromatic rings. The molecule has 0 aromatic carbocycles. The number of nitrogens with one attached hydrogen (secondary N) is 2. The van der Waals surface area contributed by atoms with Crippen LogP contribution in [-0.4, -0.2) is 24.0 Å². The fourth-order valence-electron chi connectivity index (χ4n) is 1.55. The van der Waals surface area contributed by atoms with Crippen molar-refractivity contribution in [1.82, 2.24) is 15.6 Å². The van der Waals surface area contributed by atoms with E-state index in [1.807, 2.05) is 0 Å². The zero-order valence-corrected chi connectivity index (χ0v) is 14.3. The second-order valence-corrected chi connectivity index (χ2v) is 6.18. The number of hydrogen-bond donors (Lipinski definition) is 2. The molecule has 2 heterocycles. The Labute approximate surface area is 130 Å². The van der Waals surface area contributed by atoms with Crippen molar-refractivity contribution in [2.75, 3.05) is 13.1 Å². The number of aliphatic imine (C=N–C) groups is 1. The van der Waals surface area contributed by atoms with Crippen LogP contribution in [0.1, 0.15) is 37.9 Å². The molecule has 0 spiro atoms. The van der Waals surface area contributed by atoms with E-state index in [1.165, 1.54) is 0 Å². The maximum atomic E-state index is 4.64. The van der Waals surface area contributed by atoms with E-state index in [0.717, 1.165) is 42.7 Å². The molecule has 2 N–H and O–H groups in total. The summed E-state index contributed by atoms with van der Waals surface area (Å²) >= 11 is 1.71. The number of nitrogens with zero attached hydrogens (tertiary/aromatic N) is 2. The summed E-state index contributed by atoms with van der Waals surface area (Å²) in [5, 5.41) is 9.79. The fourth-order valence-corrected chi connectivity index (χ4v) is 2.51. The van der Waals surface area contributed by atoms with Crippen LogP contribution < -0.4 is 10.6 Å². The van der Waals surface area contributed by atoms with E-state index in [-0.39, 0.29) is 29.4 Å². The molecule has 1 aliphatic heterocycles. The Kier molecular flexibility index (Phi) is 5.84. The van der Waals surface area contributed by atoms with Crippen LogP contribution in [-0.2, 0) is 12.0 Å². The quantitative estimate of drug-likeness (QED) is 0.776. The Bertz CT molecular complexity index is 408. The van der Waals surface area contributed by atoms with Gasteiger partial charge in [0.1, 0.15) is 5.01 Å². The number of rotatable bonds is 2. The molecule has 0 aliphatic carbocycles. The van der Waals surface area contributed by atoms with Crippen LogP contribution in [0.5, 0.6) is 0 Å². The van der Waals surface area contributed by atoms with Crippen molar-refractivity contribution in [3.05, 3.63) is 16.1 Å². The van der Waals surface area contributed by atoms with Gasteiger partial charge in [0, 0.05) is 23.9 Å². The summed E-state index contributed by atoms with van der Waals surface area (Å²) in [5.74, 6) is 0.906. The Morgan fingerprint density at radius 1 is 1.44 bits per heavy atom. The summed E-state index contributed by atoms with van der Waals surface area (Å²) in [7, 11) is 0. The summed E-state index contributed by atoms with van der Waals surface area (Å²) in [6, 6.07) is 0. The third-order valence-electron chi connectivity index (χ3n) is 2.62. The topological polar surface area (TPSA) is 49.3 Å². The molecule has 0 atom stereocenters. The molecule has 2 rings (SSSR count). The molecule has 0 bridgehead atoms. The molecule has 0 amide bonds. The van der Waals surface area contributed by atoms with Crippen molar-refractivity contribution in [3.63, 3.8) is 0 Å². The normalized spacial score (nSPS) is 15.4. The molecule has 0 radical (unpaired) electrons. The molecular formula is C12H21IN4S. The second-order valence-electron chi connectivity index (χ2n) is 5.24. The van der Waals surface area contributed by atoms with Gasteiger partial charge in [-0.15, -0.1) is 35.3 Å². The van der Waals surface area contributed by atoms with E-state index < -0.39 is 0 Å². The van der Waals surface area contributed by atoms with Gasteiger partial charge in [-0.1, -0.05) is 20.8 Å². The van der Waals surface area contributed by atoms with Gasteiger partial charge in [-0.3, -0.25) is 4.99 Å². The van der Waals surface area contributed by atoms with Crippen LogP contribution >= 0.6 is 35.3 Å². The Balaban J connectivity index is 0.00000162. The molecule has 1 aliphatic rings. The third kappa shape index (κ3) is 4.38. The van der Waals surface area contributed by atoms with Gasteiger partial charge in [-0.2, -0.15) is 0 Å². The first kappa shape index (κ1) is 15.7. The number of halogens is 1. The average Bonchev–Trinajstić information content (AvgIpc) is 2.76. The van der Waals surface area contributed by atoms with E-state index in [1.54, 1.807) is 11.3 Å². The van der Waals surface area contributed by atoms with Gasteiger partial charge in [0.25, 0.3) is 0 Å². The van der Waals surface area contributed by atoms with Gasteiger partial charge >= 0.3 is 0 Å². The lowest BCUT2D eigenvalue weighted by Crippen LogP contribution is -2.40. The highest BCUT2D eigenvalue weighted by atomic mass is 127. The van der Waals surface area contributed by atoms with Crippen molar-refractivity contribution >= 4 is 41.3 Å². The van der Waals surface area contributed by atoms with Crippen LogP contribution in [0.3, 0.4) is 0 Å². The van der Waals surface area contributed by atoms with Crippen LogP contribution in [0.25, 0.3) is 0 Å². The number of aromatic nitrogens is 1. The molecule has 4 nitrogen and oxygen atoms in total. The predicted octanol–water partition coefficient (Wildman–Crippen LogP) is 2.50. The molecule has 6 heteroatoms. The van der Waals surface area contributed by atoms with Crippen LogP contribution in [0.15, 0.2) is 10.4 Å². The predicted molar refractivity (Wildman–Crippen MR) is 88.0 cm³/mol. The van der Waals surface area contributed by atoms with Gasteiger partial charge in [-0.25, -0.2) is 4.98 Å². The molecule has 1 aromatic heterocycles. The smallest absolute Gasteiger partial charge is 0.191 e. The lowest BCUT2D eigenvalue weighted by Gasteiger charge is -2.15. The largest absolute Gasteiger partial charge is 0.356 e. The monoisotopic (exact) mass is 380 g/mol. The molecule has 102 valence electrons. The van der Waals surface area contributed by atoms with E-state index in [4.69, 9.17) is 0 Å². The van der Waals surface area contributed by atoms with Crippen molar-refractivity contribution in [2.24, 2.45) is 4.99 Å². The molecule has 0 saturated carbocycles. The van der Waals surface area contributed by atoms with E-state index in [0.29, 0.717) is 0 Å². The zero-order chi connectivity index (χ0) is 12.3. The van der Waals surface area contributed by atoms with Crippen molar-refractivity contribution in [3.8, 4) is 0 Å². The maximum Gasteiger partial charge on any atom is 0.191 e. The van der Waals surface area contributed by atoms with Gasteiger partial charge in [0.15, 0.2) is 5.96 Å². The SMILES string of the molecule is CC(C)(C)c1csc(CNC2=NCCCN2)n1.I. The first-order valence-corrected chi connectivity index (χ1v) is 6.91. The van der Waals surface area contributed by atoms with Crippen molar-refractivity contribution in [1.29, 1.82) is 0 Å². The molecule has 0 unspecified atom stereocenters. The average molecular weight is 380 g/mol. The maximum absolute atomic E-state index is 4.64. The van der Waals surface area contributed by atoms with Gasteiger partial charge in [-0.05, 0) is 6.42 Å². The van der Waals surface area contributed by atoms with Crippen LogP contribution in [0, 0.1) is 0 Å². The molecule has 18 heavy (non-hydrogen) atoms. The minimum Gasteiger partial charge on any atom is -0.356 e. The van der Waals surface area contributed by atoms with Crippen molar-refractivity contribution in [2.45, 2.75) is 39.2 Å². The number of guanidine groups is 1. The first-order chi connectivity index (χ1) is 8.05. The highest BCUT2D eigenvalue weighted by Crippen LogP contribution is 2.23. The summed E-state index contributed by atoms with van der Waals surface area (Å²) in [5.41, 5.74) is 1.30. The number of hydrogen-bond acceptors (Lipinski definition) is 5. The standard InChI is InChI=1S/C12H20N4S.HI/c1-12(2,3)9-8-17-10(16-9)7-15-11-13-5-4-6-14-11;/h8H,4-7H2,1-3H3,(H2,13,14,15);1H. The van der Waals surface area contributed by atoms with Gasteiger partial charge in [0.2, 0.25) is 0 Å². The Morgan fingerprint density at radius 3 is 2.78 bits per heavy atom. The highest BCUT2D eigenvalue weighted by Gasteiger charge is 2.17. The Hall–Kier alpha value is -0.370. The summed E-state index contributed by atoms with van der Waals surface area (Å²) in [6.07, 6.45) is 1.12. The molecular weight excluding hydrogens is 359 g/mol. The highest BCUT2D eigenvalue weighted by molar-refractivity contribution is 14.0. The van der Waals surface area contributed by atoms with E-state index in [9.17, 15) is 0 Å². The zero-order valence-electron chi connectivity index (χ0n) is 11.1. The van der Waals surface area contributed by atoms with Crippen LogP contribution in [0.4, 0.5) is 0 Å². The first-order valence-electron chi connectivity index (χ1n) is 6.03. The summed E-state index contributed by atoms with van der Waals surface area (Å²) in [4.78, 5) is 9.01. The number of thiazole rings is 1. The van der Waals surface area contributed by atoms with Gasteiger partial charge in [0.05, 0.1) is 12.2 Å².